The van der Waals surface area contributed by atoms with Crippen LogP contribution < -0.4 is 0 Å². The van der Waals surface area contributed by atoms with Crippen LogP contribution in [0.2, 0.25) is 5.02 Å². The predicted molar refractivity (Wildman–Crippen MR) is 82.9 cm³/mol. The molecule has 0 bridgehead atoms. The van der Waals surface area contributed by atoms with Crippen LogP contribution in [0.3, 0.4) is 0 Å². The molecule has 3 rings (SSSR count). The first-order valence-corrected chi connectivity index (χ1v) is 6.82. The van der Waals surface area contributed by atoms with E-state index in [-0.39, 0.29) is 0 Å². The van der Waals surface area contributed by atoms with Crippen LogP contribution in [-0.4, -0.2) is 0 Å². The Morgan fingerprint density at radius 1 is 0.737 bits per heavy atom. The fourth-order valence-corrected chi connectivity index (χ4v) is 2.49. The van der Waals surface area contributed by atoms with Crippen molar-refractivity contribution in [2.45, 2.75) is 13.3 Å². The van der Waals surface area contributed by atoms with Gasteiger partial charge in [0.2, 0.25) is 0 Å². The Labute approximate surface area is 118 Å². The lowest BCUT2D eigenvalue weighted by atomic mass is 10.0. The highest BCUT2D eigenvalue weighted by Crippen LogP contribution is 2.20. The number of aryl methyl sites for hydroxylation is 1. The van der Waals surface area contributed by atoms with Gasteiger partial charge in [0.1, 0.15) is 0 Å². The number of rotatable bonds is 2. The summed E-state index contributed by atoms with van der Waals surface area (Å²) in [5, 5.41) is 3.40. The maximum absolute atomic E-state index is 5.91. The van der Waals surface area contributed by atoms with Crippen molar-refractivity contribution in [1.82, 2.24) is 0 Å². The third kappa shape index (κ3) is 2.80. The minimum Gasteiger partial charge on any atom is -0.0843 e. The van der Waals surface area contributed by atoms with Gasteiger partial charge in [-0.05, 0) is 47.4 Å². The van der Waals surface area contributed by atoms with Crippen LogP contribution in [0.15, 0.2) is 60.7 Å². The second-order valence-electron chi connectivity index (χ2n) is 4.99. The van der Waals surface area contributed by atoms with E-state index in [1.807, 2.05) is 12.1 Å². The molecule has 0 aliphatic heterocycles. The van der Waals surface area contributed by atoms with E-state index < -0.39 is 0 Å². The van der Waals surface area contributed by atoms with Crippen molar-refractivity contribution in [3.05, 3.63) is 82.4 Å². The Morgan fingerprint density at radius 2 is 1.42 bits per heavy atom. The van der Waals surface area contributed by atoms with Crippen molar-refractivity contribution in [2.24, 2.45) is 0 Å². The molecule has 0 spiro atoms. The van der Waals surface area contributed by atoms with E-state index in [1.165, 1.54) is 27.5 Å². The smallest absolute Gasteiger partial charge is 0.0406 e. The Bertz CT molecular complexity index is 711. The topological polar surface area (TPSA) is 0 Å². The van der Waals surface area contributed by atoms with E-state index in [9.17, 15) is 0 Å². The summed E-state index contributed by atoms with van der Waals surface area (Å²) in [4.78, 5) is 0. The zero-order valence-electron chi connectivity index (χ0n) is 10.9. The first-order chi connectivity index (χ1) is 9.20. The second kappa shape index (κ2) is 5.07. The molecule has 0 aromatic heterocycles. The van der Waals surface area contributed by atoms with E-state index in [4.69, 9.17) is 11.6 Å². The van der Waals surface area contributed by atoms with Gasteiger partial charge >= 0.3 is 0 Å². The van der Waals surface area contributed by atoms with Crippen LogP contribution in [0.4, 0.5) is 0 Å². The molecule has 19 heavy (non-hydrogen) atoms. The largest absolute Gasteiger partial charge is 0.0843 e. The molecule has 0 unspecified atom stereocenters. The molecular weight excluding hydrogens is 252 g/mol. The van der Waals surface area contributed by atoms with Crippen molar-refractivity contribution in [3.8, 4) is 0 Å². The van der Waals surface area contributed by atoms with Crippen LogP contribution in [-0.2, 0) is 6.42 Å². The number of halogens is 1. The third-order valence-electron chi connectivity index (χ3n) is 3.38. The predicted octanol–water partition coefficient (Wildman–Crippen LogP) is 5.39. The maximum atomic E-state index is 5.91. The standard InChI is InChI=1S/C18H15Cl/c1-13-2-6-16-7-3-15(12-17(16)10-13)11-14-4-8-18(19)9-5-14/h2-10,12H,11H2,1H3. The first-order valence-electron chi connectivity index (χ1n) is 6.44. The lowest BCUT2D eigenvalue weighted by Crippen LogP contribution is -1.88. The molecule has 0 aliphatic rings. The normalized spacial score (nSPS) is 10.8. The molecule has 3 aromatic carbocycles. The van der Waals surface area contributed by atoms with Gasteiger partial charge in [0, 0.05) is 5.02 Å². The number of fused-ring (bicyclic) bond motifs is 1. The molecule has 0 amide bonds. The lowest BCUT2D eigenvalue weighted by molar-refractivity contribution is 1.20. The van der Waals surface area contributed by atoms with Gasteiger partial charge in [-0.3, -0.25) is 0 Å². The van der Waals surface area contributed by atoms with Crippen LogP contribution in [0.25, 0.3) is 10.8 Å². The van der Waals surface area contributed by atoms with Crippen molar-refractivity contribution in [3.63, 3.8) is 0 Å². The van der Waals surface area contributed by atoms with Gasteiger partial charge < -0.3 is 0 Å². The maximum Gasteiger partial charge on any atom is 0.0406 e. The quantitative estimate of drug-likeness (QED) is 0.583. The number of hydrogen-bond donors (Lipinski definition) is 0. The van der Waals surface area contributed by atoms with E-state index in [1.54, 1.807) is 0 Å². The molecule has 0 N–H and O–H groups in total. The van der Waals surface area contributed by atoms with Crippen LogP contribution in [0.5, 0.6) is 0 Å². The molecule has 1 heteroatoms. The number of hydrogen-bond acceptors (Lipinski definition) is 0. The highest BCUT2D eigenvalue weighted by Gasteiger charge is 1.99. The summed E-state index contributed by atoms with van der Waals surface area (Å²) in [7, 11) is 0. The van der Waals surface area contributed by atoms with Gasteiger partial charge in [0.25, 0.3) is 0 Å². The zero-order valence-corrected chi connectivity index (χ0v) is 11.6. The Morgan fingerprint density at radius 3 is 2.21 bits per heavy atom. The summed E-state index contributed by atoms with van der Waals surface area (Å²) in [6.45, 7) is 2.13. The fourth-order valence-electron chi connectivity index (χ4n) is 2.36. The highest BCUT2D eigenvalue weighted by atomic mass is 35.5. The van der Waals surface area contributed by atoms with Gasteiger partial charge in [0.15, 0.2) is 0 Å². The molecule has 0 aliphatic carbocycles. The summed E-state index contributed by atoms with van der Waals surface area (Å²) < 4.78 is 0. The Hall–Kier alpha value is -1.79. The summed E-state index contributed by atoms with van der Waals surface area (Å²) >= 11 is 5.91. The van der Waals surface area contributed by atoms with E-state index in [2.05, 4.69) is 55.5 Å². The summed E-state index contributed by atoms with van der Waals surface area (Å²) in [6, 6.07) is 21.3. The molecule has 3 aromatic rings. The summed E-state index contributed by atoms with van der Waals surface area (Å²) in [5.41, 5.74) is 3.92. The molecule has 0 atom stereocenters. The molecule has 94 valence electrons. The van der Waals surface area contributed by atoms with Crippen LogP contribution in [0, 0.1) is 6.92 Å². The molecule has 0 saturated heterocycles. The molecule has 0 radical (unpaired) electrons. The van der Waals surface area contributed by atoms with Gasteiger partial charge in [-0.25, -0.2) is 0 Å². The van der Waals surface area contributed by atoms with E-state index >= 15 is 0 Å². The molecular formula is C18H15Cl. The average Bonchev–Trinajstić information content (AvgIpc) is 2.41. The SMILES string of the molecule is Cc1ccc2ccc(Cc3ccc(Cl)cc3)cc2c1. The highest BCUT2D eigenvalue weighted by molar-refractivity contribution is 6.30. The minimum atomic E-state index is 0.790. The zero-order chi connectivity index (χ0) is 13.2. The van der Waals surface area contributed by atoms with Crippen molar-refractivity contribution in [1.29, 1.82) is 0 Å². The van der Waals surface area contributed by atoms with Crippen LogP contribution >= 0.6 is 11.6 Å². The van der Waals surface area contributed by atoms with Crippen LogP contribution in [0.1, 0.15) is 16.7 Å². The Kier molecular flexibility index (Phi) is 3.27. The molecule has 0 saturated carbocycles. The number of benzene rings is 3. The molecule has 0 nitrogen and oxygen atoms in total. The van der Waals surface area contributed by atoms with Crippen molar-refractivity contribution < 1.29 is 0 Å². The van der Waals surface area contributed by atoms with Gasteiger partial charge in [-0.2, -0.15) is 0 Å². The monoisotopic (exact) mass is 266 g/mol. The second-order valence-corrected chi connectivity index (χ2v) is 5.42. The summed E-state index contributed by atoms with van der Waals surface area (Å²) in [6.07, 6.45) is 0.945. The Balaban J connectivity index is 1.94. The third-order valence-corrected chi connectivity index (χ3v) is 3.63. The van der Waals surface area contributed by atoms with E-state index in [0.717, 1.165) is 11.4 Å². The lowest BCUT2D eigenvalue weighted by Gasteiger charge is -2.05. The van der Waals surface area contributed by atoms with Gasteiger partial charge in [-0.1, -0.05) is 65.7 Å². The van der Waals surface area contributed by atoms with Crippen molar-refractivity contribution in [2.75, 3.05) is 0 Å². The summed E-state index contributed by atoms with van der Waals surface area (Å²) in [5.74, 6) is 0. The molecule has 0 fully saturated rings. The van der Waals surface area contributed by atoms with Gasteiger partial charge in [0.05, 0.1) is 0 Å². The first kappa shape index (κ1) is 12.3. The van der Waals surface area contributed by atoms with E-state index in [0.29, 0.717) is 0 Å². The van der Waals surface area contributed by atoms with Crippen molar-refractivity contribution >= 4 is 22.4 Å². The minimum absolute atomic E-state index is 0.790. The average molecular weight is 267 g/mol. The fraction of sp³-hybridized carbons (Fsp3) is 0.111. The molecule has 0 heterocycles. The van der Waals surface area contributed by atoms with Gasteiger partial charge in [-0.15, -0.1) is 0 Å².